The fraction of sp³-hybridized carbons (Fsp3) is 0.561. The quantitative estimate of drug-likeness (QED) is 0.144. The number of allylic oxidation sites excluding steroid dienone is 2. The van der Waals surface area contributed by atoms with Gasteiger partial charge in [-0.2, -0.15) is 0 Å². The monoisotopic (exact) mass is 1040 g/mol. The van der Waals surface area contributed by atoms with Crippen molar-refractivity contribution in [1.29, 1.82) is 0 Å². The van der Waals surface area contributed by atoms with E-state index in [0.717, 1.165) is 66.1 Å². The fourth-order valence-corrected chi connectivity index (χ4v) is 7.34. The molecule has 2 aliphatic carbocycles. The Balaban J connectivity index is 0.000000422. The Bertz CT molecular complexity index is 1990. The summed E-state index contributed by atoms with van der Waals surface area (Å²) in [6.45, 7) is 39.2. The largest absolute Gasteiger partial charge is 0.378 e. The molecule has 0 bridgehead atoms. The molecule has 2 saturated heterocycles. The Kier molecular flexibility index (Phi) is 35.3. The summed E-state index contributed by atoms with van der Waals surface area (Å²) < 4.78 is 53.5. The van der Waals surface area contributed by atoms with Crippen molar-refractivity contribution in [2.75, 3.05) is 19.8 Å². The standard InChI is InChI=1S/C8H8F2.C8H9F.C8H16.C8H14.C8H10.C7H9N.C7H14O.C6H8N2.C6H12O2/c1-5-3-7(9)6(2)8(10)4-5;1-6-3-4-7(2)8(9)5-6;3*1-7-3-5-8(2)6-4-7;2*1-6-3-4-7(2)8-5-6;2*1-5-3-7-6(2)8-4-5/h3-4H,1-2H3;3-5H,1-2H3;7-8H,3-6H2,1-2H3;3,8H,4-6H2,1-2H3;3-6H,1-2H3;3-5H,1-2H3;6-7H,3-5H2,1-2H3;3-4H,1-2H3;5-6H,3-4H2,1-2H3. The highest BCUT2D eigenvalue weighted by Crippen LogP contribution is 2.27. The van der Waals surface area contributed by atoms with Crippen molar-refractivity contribution >= 4 is 0 Å². The van der Waals surface area contributed by atoms with Crippen molar-refractivity contribution in [1.82, 2.24) is 15.0 Å². The number of rotatable bonds is 0. The number of benzene rings is 3. The van der Waals surface area contributed by atoms with Crippen molar-refractivity contribution in [3.05, 3.63) is 170 Å². The molecule has 75 heavy (non-hydrogen) atoms. The number of pyridine rings is 1. The molecule has 3 fully saturated rings. The van der Waals surface area contributed by atoms with Gasteiger partial charge in [-0.3, -0.25) is 4.98 Å². The minimum atomic E-state index is -0.475. The summed E-state index contributed by atoms with van der Waals surface area (Å²) in [6.07, 6.45) is 20.9. The van der Waals surface area contributed by atoms with Crippen LogP contribution >= 0.6 is 0 Å². The molecule has 3 unspecified atom stereocenters. The minimum absolute atomic E-state index is 0.0196. The van der Waals surface area contributed by atoms with Crippen LogP contribution < -0.4 is 0 Å². The highest BCUT2D eigenvalue weighted by molar-refractivity contribution is 5.24. The van der Waals surface area contributed by atoms with Gasteiger partial charge in [-0.05, 0) is 198 Å². The number of hydrogen-bond acceptors (Lipinski definition) is 6. The molecule has 2 aromatic heterocycles. The molecule has 2 aliphatic heterocycles. The normalized spacial score (nSPS) is 21.3. The molecule has 0 amide bonds. The van der Waals surface area contributed by atoms with Crippen molar-refractivity contribution in [2.45, 2.75) is 195 Å². The fourth-order valence-electron chi connectivity index (χ4n) is 7.34. The third-order valence-electron chi connectivity index (χ3n) is 13.1. The molecule has 0 spiro atoms. The Morgan fingerprint density at radius 2 is 0.867 bits per heavy atom. The van der Waals surface area contributed by atoms with E-state index < -0.39 is 11.6 Å². The van der Waals surface area contributed by atoms with Crippen LogP contribution in [0.15, 0.2) is 97.0 Å². The van der Waals surface area contributed by atoms with Gasteiger partial charge >= 0.3 is 0 Å². The molecule has 6 nitrogen and oxygen atoms in total. The maximum absolute atomic E-state index is 12.6. The molecule has 0 radical (unpaired) electrons. The zero-order valence-corrected chi connectivity index (χ0v) is 49.9. The number of halogens is 3. The number of aromatic nitrogens is 3. The van der Waals surface area contributed by atoms with Gasteiger partial charge in [-0.15, -0.1) is 0 Å². The van der Waals surface area contributed by atoms with Crippen LogP contribution in [0.1, 0.15) is 169 Å². The molecule has 9 heteroatoms. The van der Waals surface area contributed by atoms with Crippen LogP contribution in [0.5, 0.6) is 0 Å². The molecule has 5 aromatic rings. The zero-order chi connectivity index (χ0) is 56.5. The summed E-state index contributed by atoms with van der Waals surface area (Å²) in [5.41, 5.74) is 10.0. The smallest absolute Gasteiger partial charge is 0.154 e. The van der Waals surface area contributed by atoms with Gasteiger partial charge in [0.1, 0.15) is 23.3 Å². The van der Waals surface area contributed by atoms with Crippen LogP contribution in [-0.4, -0.2) is 47.2 Å². The van der Waals surface area contributed by atoms with Crippen molar-refractivity contribution in [3.8, 4) is 0 Å². The summed E-state index contributed by atoms with van der Waals surface area (Å²) in [4.78, 5) is 12.0. The van der Waals surface area contributed by atoms with Crippen LogP contribution in [0.4, 0.5) is 13.2 Å². The Morgan fingerprint density at radius 3 is 1.23 bits per heavy atom. The van der Waals surface area contributed by atoms with Crippen LogP contribution in [0.2, 0.25) is 0 Å². The van der Waals surface area contributed by atoms with Gasteiger partial charge in [0.05, 0.1) is 19.3 Å². The average molecular weight is 1040 g/mol. The van der Waals surface area contributed by atoms with E-state index in [2.05, 4.69) is 114 Å². The molecule has 4 aliphatic rings. The summed E-state index contributed by atoms with van der Waals surface area (Å²) in [5, 5.41) is 0. The summed E-state index contributed by atoms with van der Waals surface area (Å²) in [7, 11) is 0. The van der Waals surface area contributed by atoms with Crippen LogP contribution in [0.3, 0.4) is 0 Å². The topological polar surface area (TPSA) is 66.4 Å². The van der Waals surface area contributed by atoms with Crippen molar-refractivity contribution in [2.24, 2.45) is 29.6 Å². The lowest BCUT2D eigenvalue weighted by Gasteiger charge is -2.24. The SMILES string of the molecule is CC1=CCC(C)CC1.CC1CCC(C)CC1.CC1CCC(C)OC1.CC1COC(C)OC1.Cc1cc(F)c(C)c(F)c1.Cc1ccc(C)c(F)c1.Cc1ccc(C)cc1.Cc1ccc(C)nc1.Cc1cnc(C)nc1. The van der Waals surface area contributed by atoms with Gasteiger partial charge < -0.3 is 14.2 Å². The number of hydrogen-bond donors (Lipinski definition) is 0. The molecule has 4 heterocycles. The first-order chi connectivity index (χ1) is 35.3. The first kappa shape index (κ1) is 68.3. The minimum Gasteiger partial charge on any atom is -0.378 e. The summed E-state index contributed by atoms with van der Waals surface area (Å²) in [6, 6.07) is 20.4. The van der Waals surface area contributed by atoms with Gasteiger partial charge in [-0.25, -0.2) is 23.1 Å². The highest BCUT2D eigenvalue weighted by Gasteiger charge is 2.15. The maximum Gasteiger partial charge on any atom is 0.154 e. The van der Waals surface area contributed by atoms with E-state index in [1.54, 1.807) is 25.5 Å². The van der Waals surface area contributed by atoms with E-state index in [-0.39, 0.29) is 17.7 Å². The van der Waals surface area contributed by atoms with Crippen LogP contribution in [0, 0.1) is 116 Å². The van der Waals surface area contributed by atoms with Gasteiger partial charge in [-0.1, -0.05) is 126 Å². The number of ether oxygens (including phenoxy) is 3. The molecule has 3 atom stereocenters. The highest BCUT2D eigenvalue weighted by atomic mass is 19.1. The van der Waals surface area contributed by atoms with E-state index in [9.17, 15) is 13.2 Å². The van der Waals surface area contributed by atoms with Gasteiger partial charge in [0.15, 0.2) is 6.29 Å². The molecular weight excluding hydrogens is 940 g/mol. The summed E-state index contributed by atoms with van der Waals surface area (Å²) >= 11 is 0. The number of nitrogens with zero attached hydrogens (tertiary/aromatic N) is 3. The van der Waals surface area contributed by atoms with E-state index in [4.69, 9.17) is 14.2 Å². The predicted molar refractivity (Wildman–Crippen MR) is 311 cm³/mol. The second-order valence-corrected chi connectivity index (χ2v) is 22.0. The molecular formula is C66H100F3N3O3. The van der Waals surface area contributed by atoms with E-state index >= 15 is 0 Å². The van der Waals surface area contributed by atoms with Crippen LogP contribution in [-0.2, 0) is 14.2 Å². The van der Waals surface area contributed by atoms with Crippen molar-refractivity contribution in [3.63, 3.8) is 0 Å². The first-order valence-corrected chi connectivity index (χ1v) is 27.7. The van der Waals surface area contributed by atoms with E-state index in [1.807, 2.05) is 72.3 Å². The number of aryl methyl sites for hydroxylation is 9. The van der Waals surface area contributed by atoms with Gasteiger partial charge in [0.25, 0.3) is 0 Å². The average Bonchev–Trinajstić information content (AvgIpc) is 3.37. The third kappa shape index (κ3) is 35.3. The lowest BCUT2D eigenvalue weighted by atomic mass is 9.84. The lowest BCUT2D eigenvalue weighted by Crippen LogP contribution is -2.27. The molecule has 418 valence electrons. The van der Waals surface area contributed by atoms with Gasteiger partial charge in [0.2, 0.25) is 0 Å². The Hall–Kier alpha value is -4.70. The zero-order valence-electron chi connectivity index (χ0n) is 49.9. The maximum atomic E-state index is 12.6. The Morgan fingerprint density at radius 1 is 0.413 bits per heavy atom. The van der Waals surface area contributed by atoms with Crippen LogP contribution in [0.25, 0.3) is 0 Å². The first-order valence-electron chi connectivity index (χ1n) is 27.7. The summed E-state index contributed by atoms with van der Waals surface area (Å²) in [5.74, 6) is 4.12. The van der Waals surface area contributed by atoms with Crippen molar-refractivity contribution < 1.29 is 27.4 Å². The van der Waals surface area contributed by atoms with E-state index in [1.165, 1.54) is 99.6 Å². The third-order valence-corrected chi connectivity index (χ3v) is 13.1. The lowest BCUT2D eigenvalue weighted by molar-refractivity contribution is -0.187. The molecule has 3 aromatic carbocycles. The Labute approximate surface area is 455 Å². The van der Waals surface area contributed by atoms with E-state index in [0.29, 0.717) is 23.1 Å². The molecule has 9 rings (SSSR count). The van der Waals surface area contributed by atoms with Gasteiger partial charge in [0, 0.05) is 42.4 Å². The second kappa shape index (κ2) is 38.8. The predicted octanol–water partition coefficient (Wildman–Crippen LogP) is 18.5. The molecule has 1 saturated carbocycles. The molecule has 0 N–H and O–H groups in total. The second-order valence-electron chi connectivity index (χ2n) is 22.0.